The molecule has 1 heterocycles. The summed E-state index contributed by atoms with van der Waals surface area (Å²) in [5, 5.41) is 22.5. The van der Waals surface area contributed by atoms with Crippen LogP contribution in [0.5, 0.6) is 0 Å². The van der Waals surface area contributed by atoms with Gasteiger partial charge >= 0.3 is 5.97 Å². The van der Waals surface area contributed by atoms with Gasteiger partial charge in [0, 0.05) is 6.54 Å². The number of rotatable bonds is 9. The first kappa shape index (κ1) is 22.3. The number of hydrogen-bond acceptors (Lipinski definition) is 7. The van der Waals surface area contributed by atoms with E-state index in [1.807, 2.05) is 0 Å². The molecular weight excluding hydrogens is 362 g/mol. The number of nitrogens with one attached hydrogen (secondary N) is 2. The van der Waals surface area contributed by atoms with Crippen LogP contribution < -0.4 is 22.1 Å². The number of aliphatic carboxylic acids is 1. The van der Waals surface area contributed by atoms with Gasteiger partial charge in [0.25, 0.3) is 0 Å². The SMILES string of the molecule is CC(O)C(N)C(=O)N1CCCC1C(=O)NC(CC(N)=O)C(=O)NCC(=O)O. The average Bonchev–Trinajstić information content (AvgIpc) is 3.06. The molecule has 1 rings (SSSR count). The van der Waals surface area contributed by atoms with E-state index >= 15 is 0 Å². The minimum absolute atomic E-state index is 0.253. The van der Waals surface area contributed by atoms with Crippen molar-refractivity contribution in [3.8, 4) is 0 Å². The predicted octanol–water partition coefficient (Wildman–Crippen LogP) is -3.75. The lowest BCUT2D eigenvalue weighted by Gasteiger charge is -2.28. The van der Waals surface area contributed by atoms with Crippen LogP contribution in [-0.2, 0) is 24.0 Å². The smallest absolute Gasteiger partial charge is 0.322 e. The molecule has 0 aromatic carbocycles. The Balaban J connectivity index is 2.83. The molecule has 1 fully saturated rings. The fraction of sp³-hybridized carbons (Fsp3) is 0.667. The van der Waals surface area contributed by atoms with E-state index in [9.17, 15) is 29.1 Å². The van der Waals surface area contributed by atoms with Crippen molar-refractivity contribution in [2.45, 2.75) is 50.4 Å². The summed E-state index contributed by atoms with van der Waals surface area (Å²) in [5.41, 5.74) is 10.7. The number of carbonyl (C=O) groups excluding carboxylic acids is 4. The van der Waals surface area contributed by atoms with E-state index in [4.69, 9.17) is 16.6 Å². The van der Waals surface area contributed by atoms with Crippen LogP contribution in [0.3, 0.4) is 0 Å². The second kappa shape index (κ2) is 9.83. The van der Waals surface area contributed by atoms with Crippen LogP contribution in [0, 0.1) is 0 Å². The van der Waals surface area contributed by atoms with Crippen molar-refractivity contribution in [3.63, 3.8) is 0 Å². The number of primary amides is 1. The maximum atomic E-state index is 12.5. The van der Waals surface area contributed by atoms with E-state index in [1.165, 1.54) is 11.8 Å². The second-order valence-corrected chi connectivity index (χ2v) is 6.30. The molecule has 0 bridgehead atoms. The van der Waals surface area contributed by atoms with Crippen molar-refractivity contribution in [2.24, 2.45) is 11.5 Å². The van der Waals surface area contributed by atoms with E-state index in [-0.39, 0.29) is 6.54 Å². The molecule has 27 heavy (non-hydrogen) atoms. The van der Waals surface area contributed by atoms with Gasteiger partial charge in [0.15, 0.2) is 0 Å². The molecule has 12 heteroatoms. The highest BCUT2D eigenvalue weighted by atomic mass is 16.4. The van der Waals surface area contributed by atoms with E-state index in [1.54, 1.807) is 0 Å². The number of nitrogens with zero attached hydrogens (tertiary/aromatic N) is 1. The van der Waals surface area contributed by atoms with Gasteiger partial charge in [-0.05, 0) is 19.8 Å². The number of carbonyl (C=O) groups is 5. The summed E-state index contributed by atoms with van der Waals surface area (Å²) in [5.74, 6) is -4.37. The van der Waals surface area contributed by atoms with Crippen LogP contribution in [0.25, 0.3) is 0 Å². The number of amides is 4. The molecule has 8 N–H and O–H groups in total. The summed E-state index contributed by atoms with van der Waals surface area (Å²) >= 11 is 0. The van der Waals surface area contributed by atoms with Gasteiger partial charge in [-0.2, -0.15) is 0 Å². The largest absolute Gasteiger partial charge is 0.480 e. The Labute approximate surface area is 155 Å². The highest BCUT2D eigenvalue weighted by molar-refractivity contribution is 5.96. The van der Waals surface area contributed by atoms with Crippen LogP contribution >= 0.6 is 0 Å². The molecule has 4 amide bonds. The fourth-order valence-electron chi connectivity index (χ4n) is 2.67. The Bertz CT molecular complexity index is 609. The molecule has 0 aliphatic carbocycles. The highest BCUT2D eigenvalue weighted by Gasteiger charge is 2.38. The molecule has 1 aliphatic rings. The first-order valence-electron chi connectivity index (χ1n) is 8.37. The lowest BCUT2D eigenvalue weighted by molar-refractivity contribution is -0.142. The van der Waals surface area contributed by atoms with Crippen molar-refractivity contribution < 1.29 is 34.2 Å². The number of carboxylic acids is 1. The Hall–Kier alpha value is -2.73. The first-order chi connectivity index (χ1) is 12.5. The standard InChI is InChI=1S/C15H25N5O7/c1-7(21)12(17)15(27)20-4-2-3-9(20)14(26)19-8(5-10(16)22)13(25)18-6-11(23)24/h7-9,12,21H,2-6,17H2,1H3,(H2,16,22)(H,18,25)(H,19,26)(H,23,24). The Kier molecular flexibility index (Phi) is 8.12. The molecule has 0 aromatic heterocycles. The Morgan fingerprint density at radius 2 is 1.89 bits per heavy atom. The quantitative estimate of drug-likeness (QED) is 0.231. The van der Waals surface area contributed by atoms with E-state index < -0.39 is 66.8 Å². The zero-order chi connectivity index (χ0) is 20.7. The molecule has 0 aromatic rings. The number of likely N-dealkylation sites (tertiary alicyclic amines) is 1. The topological polar surface area (TPSA) is 205 Å². The van der Waals surface area contributed by atoms with Gasteiger partial charge < -0.3 is 37.2 Å². The highest BCUT2D eigenvalue weighted by Crippen LogP contribution is 2.19. The third kappa shape index (κ3) is 6.49. The van der Waals surface area contributed by atoms with Crippen LogP contribution in [0.15, 0.2) is 0 Å². The lowest BCUT2D eigenvalue weighted by atomic mass is 10.1. The number of hydrogen-bond donors (Lipinski definition) is 6. The lowest BCUT2D eigenvalue weighted by Crippen LogP contribution is -2.57. The van der Waals surface area contributed by atoms with Crippen molar-refractivity contribution >= 4 is 29.6 Å². The molecular formula is C15H25N5O7. The molecule has 4 unspecified atom stereocenters. The number of carboxylic acid groups (broad SMARTS) is 1. The molecule has 1 saturated heterocycles. The zero-order valence-electron chi connectivity index (χ0n) is 14.9. The van der Waals surface area contributed by atoms with Crippen molar-refractivity contribution in [1.29, 1.82) is 0 Å². The summed E-state index contributed by atoms with van der Waals surface area (Å²) in [6.45, 7) is 0.910. The number of nitrogens with two attached hydrogens (primary N) is 2. The minimum Gasteiger partial charge on any atom is -0.480 e. The maximum absolute atomic E-state index is 12.5. The molecule has 152 valence electrons. The van der Waals surface area contributed by atoms with E-state index in [0.717, 1.165) is 0 Å². The van der Waals surface area contributed by atoms with Crippen molar-refractivity contribution in [3.05, 3.63) is 0 Å². The van der Waals surface area contributed by atoms with Gasteiger partial charge in [0.1, 0.15) is 24.7 Å². The maximum Gasteiger partial charge on any atom is 0.322 e. The van der Waals surface area contributed by atoms with Gasteiger partial charge in [-0.3, -0.25) is 24.0 Å². The molecule has 0 saturated carbocycles. The summed E-state index contributed by atoms with van der Waals surface area (Å²) in [6.07, 6.45) is -0.816. The van der Waals surface area contributed by atoms with Crippen LogP contribution in [0.1, 0.15) is 26.2 Å². The predicted molar refractivity (Wildman–Crippen MR) is 90.8 cm³/mol. The van der Waals surface area contributed by atoms with Gasteiger partial charge in [0.2, 0.25) is 23.6 Å². The van der Waals surface area contributed by atoms with E-state index in [2.05, 4.69) is 10.6 Å². The Morgan fingerprint density at radius 3 is 2.41 bits per heavy atom. The summed E-state index contributed by atoms with van der Waals surface area (Å²) < 4.78 is 0. The van der Waals surface area contributed by atoms with Crippen LogP contribution in [0.4, 0.5) is 0 Å². The number of aliphatic hydroxyl groups excluding tert-OH is 1. The first-order valence-corrected chi connectivity index (χ1v) is 8.37. The van der Waals surface area contributed by atoms with Gasteiger partial charge in [-0.15, -0.1) is 0 Å². The van der Waals surface area contributed by atoms with Gasteiger partial charge in [0.05, 0.1) is 12.5 Å². The molecule has 12 nitrogen and oxygen atoms in total. The number of aliphatic hydroxyl groups is 1. The van der Waals surface area contributed by atoms with Crippen molar-refractivity contribution in [1.82, 2.24) is 15.5 Å². The van der Waals surface area contributed by atoms with E-state index in [0.29, 0.717) is 12.8 Å². The van der Waals surface area contributed by atoms with Gasteiger partial charge in [-0.25, -0.2) is 0 Å². The van der Waals surface area contributed by atoms with Crippen LogP contribution in [-0.4, -0.2) is 82.0 Å². The second-order valence-electron chi connectivity index (χ2n) is 6.30. The summed E-state index contributed by atoms with van der Waals surface area (Å²) in [4.78, 5) is 59.8. The van der Waals surface area contributed by atoms with Gasteiger partial charge in [-0.1, -0.05) is 0 Å². The summed E-state index contributed by atoms with van der Waals surface area (Å²) in [7, 11) is 0. The average molecular weight is 387 g/mol. The molecule has 4 atom stereocenters. The monoisotopic (exact) mass is 387 g/mol. The minimum atomic E-state index is -1.38. The molecule has 1 aliphatic heterocycles. The summed E-state index contributed by atoms with van der Waals surface area (Å²) in [6, 6.07) is -3.50. The third-order valence-corrected chi connectivity index (χ3v) is 4.10. The third-order valence-electron chi connectivity index (χ3n) is 4.10. The molecule has 0 spiro atoms. The fourth-order valence-corrected chi connectivity index (χ4v) is 2.67. The van der Waals surface area contributed by atoms with Crippen LogP contribution in [0.2, 0.25) is 0 Å². The zero-order valence-corrected chi connectivity index (χ0v) is 14.9. The Morgan fingerprint density at radius 1 is 1.26 bits per heavy atom. The normalized spacial score (nSPS) is 19.7. The van der Waals surface area contributed by atoms with Crippen molar-refractivity contribution in [2.75, 3.05) is 13.1 Å². The molecule has 0 radical (unpaired) electrons.